The first-order valence-electron chi connectivity index (χ1n) is 12.8. The molecule has 7 heteroatoms. The number of amides is 1. The van der Waals surface area contributed by atoms with Gasteiger partial charge in [-0.05, 0) is 67.7 Å². The van der Waals surface area contributed by atoms with Crippen molar-refractivity contribution in [2.24, 2.45) is 0 Å². The summed E-state index contributed by atoms with van der Waals surface area (Å²) in [5.74, 6) is 1.67. The number of fused-ring (bicyclic) bond motifs is 1. The molecule has 1 saturated heterocycles. The van der Waals surface area contributed by atoms with Crippen molar-refractivity contribution in [1.29, 1.82) is 5.26 Å². The average Bonchev–Trinajstić information content (AvgIpc) is 3.25. The quantitative estimate of drug-likeness (QED) is 0.691. The van der Waals surface area contributed by atoms with Gasteiger partial charge >= 0.3 is 0 Å². The van der Waals surface area contributed by atoms with Crippen LogP contribution in [0.25, 0.3) is 0 Å². The molecule has 0 radical (unpaired) electrons. The number of nitrogens with one attached hydrogen (secondary N) is 1. The van der Waals surface area contributed by atoms with Crippen LogP contribution in [0.1, 0.15) is 48.8 Å². The van der Waals surface area contributed by atoms with Gasteiger partial charge in [-0.2, -0.15) is 5.26 Å². The fourth-order valence-electron chi connectivity index (χ4n) is 5.60. The summed E-state index contributed by atoms with van der Waals surface area (Å²) in [6.07, 6.45) is 5.18. The van der Waals surface area contributed by atoms with Gasteiger partial charge in [-0.3, -0.25) is 14.6 Å². The SMILES string of the molecule is N#Cc1ccc(CN2CCCN(CC(=O)NC3(c4ccc5c(c4)OCCO5)CCCC3)CC2)cc1. The fourth-order valence-corrected chi connectivity index (χ4v) is 5.60. The highest BCUT2D eigenvalue weighted by molar-refractivity contribution is 5.79. The smallest absolute Gasteiger partial charge is 0.234 e. The first-order chi connectivity index (χ1) is 17.1. The molecule has 0 aromatic heterocycles. The predicted octanol–water partition coefficient (Wildman–Crippen LogP) is 3.42. The Labute approximate surface area is 207 Å². The number of carbonyl (C=O) groups is 1. The van der Waals surface area contributed by atoms with Gasteiger partial charge in [0.15, 0.2) is 11.5 Å². The maximum atomic E-state index is 13.2. The highest BCUT2D eigenvalue weighted by Gasteiger charge is 2.38. The summed E-state index contributed by atoms with van der Waals surface area (Å²) in [5, 5.41) is 12.4. The Morgan fingerprint density at radius 1 is 0.914 bits per heavy atom. The minimum atomic E-state index is -0.319. The number of carbonyl (C=O) groups excluding carboxylic acids is 1. The zero-order valence-electron chi connectivity index (χ0n) is 20.3. The molecule has 3 aliphatic rings. The van der Waals surface area contributed by atoms with Gasteiger partial charge in [-0.25, -0.2) is 0 Å². The van der Waals surface area contributed by atoms with E-state index in [1.54, 1.807) is 0 Å². The molecular weight excluding hydrogens is 440 g/mol. The molecule has 7 nitrogen and oxygen atoms in total. The second-order valence-electron chi connectivity index (χ2n) is 9.91. The molecule has 35 heavy (non-hydrogen) atoms. The minimum Gasteiger partial charge on any atom is -0.486 e. The molecule has 1 N–H and O–H groups in total. The lowest BCUT2D eigenvalue weighted by atomic mass is 9.87. The molecule has 0 bridgehead atoms. The van der Waals surface area contributed by atoms with E-state index in [0.29, 0.717) is 25.3 Å². The van der Waals surface area contributed by atoms with E-state index < -0.39 is 0 Å². The largest absolute Gasteiger partial charge is 0.486 e. The maximum Gasteiger partial charge on any atom is 0.234 e. The highest BCUT2D eigenvalue weighted by Crippen LogP contribution is 2.42. The van der Waals surface area contributed by atoms with Gasteiger partial charge in [0.05, 0.1) is 23.7 Å². The lowest BCUT2D eigenvalue weighted by Crippen LogP contribution is -2.48. The first kappa shape index (κ1) is 23.7. The summed E-state index contributed by atoms with van der Waals surface area (Å²) in [6.45, 7) is 6.19. The Balaban J connectivity index is 1.18. The molecule has 0 spiro atoms. The van der Waals surface area contributed by atoms with E-state index in [4.69, 9.17) is 14.7 Å². The molecule has 1 aliphatic carbocycles. The number of nitriles is 1. The zero-order valence-corrected chi connectivity index (χ0v) is 20.3. The third-order valence-electron chi connectivity index (χ3n) is 7.47. The summed E-state index contributed by atoms with van der Waals surface area (Å²) in [6, 6.07) is 16.1. The van der Waals surface area contributed by atoms with Gasteiger partial charge in [0.2, 0.25) is 5.91 Å². The number of hydrogen-bond donors (Lipinski definition) is 1. The van der Waals surface area contributed by atoms with Crippen LogP contribution >= 0.6 is 0 Å². The Kier molecular flexibility index (Phi) is 7.21. The predicted molar refractivity (Wildman–Crippen MR) is 133 cm³/mol. The summed E-state index contributed by atoms with van der Waals surface area (Å²) < 4.78 is 11.5. The van der Waals surface area contributed by atoms with Crippen LogP contribution in [0.2, 0.25) is 0 Å². The van der Waals surface area contributed by atoms with Crippen LogP contribution in [-0.2, 0) is 16.9 Å². The monoisotopic (exact) mass is 474 g/mol. The van der Waals surface area contributed by atoms with Crippen LogP contribution in [0.15, 0.2) is 42.5 Å². The normalized spacial score (nSPS) is 20.1. The van der Waals surface area contributed by atoms with Gasteiger partial charge in [0.25, 0.3) is 0 Å². The van der Waals surface area contributed by atoms with Crippen LogP contribution in [-0.4, -0.2) is 61.6 Å². The Morgan fingerprint density at radius 2 is 1.63 bits per heavy atom. The molecular formula is C28H34N4O3. The van der Waals surface area contributed by atoms with Crippen molar-refractivity contribution in [2.75, 3.05) is 45.9 Å². The lowest BCUT2D eigenvalue weighted by molar-refractivity contribution is -0.124. The maximum absolute atomic E-state index is 13.2. The number of nitrogens with zero attached hydrogens (tertiary/aromatic N) is 3. The van der Waals surface area contributed by atoms with E-state index in [-0.39, 0.29) is 11.4 Å². The lowest BCUT2D eigenvalue weighted by Gasteiger charge is -2.33. The molecule has 2 aromatic carbocycles. The van der Waals surface area contributed by atoms with Crippen LogP contribution in [0.4, 0.5) is 0 Å². The van der Waals surface area contributed by atoms with Gasteiger partial charge < -0.3 is 14.8 Å². The third kappa shape index (κ3) is 5.61. The molecule has 0 unspecified atom stereocenters. The molecule has 5 rings (SSSR count). The summed E-state index contributed by atoms with van der Waals surface area (Å²) >= 11 is 0. The number of hydrogen-bond acceptors (Lipinski definition) is 6. The van der Waals surface area contributed by atoms with Crippen molar-refractivity contribution in [1.82, 2.24) is 15.1 Å². The molecule has 184 valence electrons. The number of rotatable bonds is 6. The average molecular weight is 475 g/mol. The van der Waals surface area contributed by atoms with E-state index in [0.717, 1.165) is 81.9 Å². The van der Waals surface area contributed by atoms with Crippen LogP contribution in [0.5, 0.6) is 11.5 Å². The summed E-state index contributed by atoms with van der Waals surface area (Å²) in [5.41, 5.74) is 2.72. The first-order valence-corrected chi connectivity index (χ1v) is 12.8. The number of benzene rings is 2. The van der Waals surface area contributed by atoms with Crippen molar-refractivity contribution in [3.05, 3.63) is 59.2 Å². The molecule has 1 saturated carbocycles. The van der Waals surface area contributed by atoms with Gasteiger partial charge in [-0.1, -0.05) is 31.0 Å². The molecule has 2 fully saturated rings. The van der Waals surface area contributed by atoms with Crippen LogP contribution < -0.4 is 14.8 Å². The van der Waals surface area contributed by atoms with E-state index in [1.165, 1.54) is 5.56 Å². The van der Waals surface area contributed by atoms with Crippen LogP contribution in [0.3, 0.4) is 0 Å². The van der Waals surface area contributed by atoms with E-state index in [1.807, 2.05) is 30.3 Å². The van der Waals surface area contributed by atoms with Crippen molar-refractivity contribution < 1.29 is 14.3 Å². The fraction of sp³-hybridized carbons (Fsp3) is 0.500. The van der Waals surface area contributed by atoms with Crippen molar-refractivity contribution in [2.45, 2.75) is 44.2 Å². The Hall–Kier alpha value is -3.08. The number of ether oxygens (including phenoxy) is 2. The molecule has 2 heterocycles. The molecule has 2 aliphatic heterocycles. The van der Waals surface area contributed by atoms with E-state index >= 15 is 0 Å². The Bertz CT molecular complexity index is 1070. The third-order valence-corrected chi connectivity index (χ3v) is 7.47. The second-order valence-corrected chi connectivity index (χ2v) is 9.91. The molecule has 2 aromatic rings. The van der Waals surface area contributed by atoms with Crippen LogP contribution in [0, 0.1) is 11.3 Å². The van der Waals surface area contributed by atoms with Crippen molar-refractivity contribution in [3.63, 3.8) is 0 Å². The summed E-state index contributed by atoms with van der Waals surface area (Å²) in [4.78, 5) is 17.9. The minimum absolute atomic E-state index is 0.0994. The van der Waals surface area contributed by atoms with E-state index in [9.17, 15) is 4.79 Å². The zero-order chi connectivity index (χ0) is 24.1. The molecule has 1 amide bonds. The van der Waals surface area contributed by atoms with Crippen molar-refractivity contribution in [3.8, 4) is 17.6 Å². The highest BCUT2D eigenvalue weighted by atomic mass is 16.6. The Morgan fingerprint density at radius 3 is 2.40 bits per heavy atom. The summed E-state index contributed by atoms with van der Waals surface area (Å²) in [7, 11) is 0. The topological polar surface area (TPSA) is 77.8 Å². The standard InChI is InChI=1S/C28H34N4O3/c29-19-22-4-6-23(7-5-22)20-31-12-3-13-32(15-14-31)21-27(33)30-28(10-1-2-11-28)24-8-9-25-26(18-24)35-17-16-34-25/h4-9,18H,1-3,10-17,20-21H2,(H,30,33). The molecule has 0 atom stereocenters. The van der Waals surface area contributed by atoms with Gasteiger partial charge in [-0.15, -0.1) is 0 Å². The van der Waals surface area contributed by atoms with Crippen molar-refractivity contribution >= 4 is 5.91 Å². The van der Waals surface area contributed by atoms with E-state index in [2.05, 4.69) is 33.3 Å². The second kappa shape index (κ2) is 10.7. The van der Waals surface area contributed by atoms with Gasteiger partial charge in [0.1, 0.15) is 13.2 Å². The van der Waals surface area contributed by atoms with Gasteiger partial charge in [0, 0.05) is 19.6 Å².